The third-order valence-corrected chi connectivity index (χ3v) is 7.49. The number of anilines is 1. The second kappa shape index (κ2) is 10.5. The van der Waals surface area contributed by atoms with Gasteiger partial charge in [-0.25, -0.2) is 0 Å². The lowest BCUT2D eigenvalue weighted by Crippen LogP contribution is -2.28. The van der Waals surface area contributed by atoms with E-state index in [0.29, 0.717) is 55.1 Å². The quantitative estimate of drug-likeness (QED) is 0.536. The van der Waals surface area contributed by atoms with E-state index in [9.17, 15) is 22.8 Å². The van der Waals surface area contributed by atoms with Crippen LogP contribution >= 0.6 is 11.3 Å². The van der Waals surface area contributed by atoms with Gasteiger partial charge in [0.25, 0.3) is 5.91 Å². The predicted octanol–water partition coefficient (Wildman–Crippen LogP) is 4.13. The van der Waals surface area contributed by atoms with E-state index < -0.39 is 17.8 Å². The zero-order valence-electron chi connectivity index (χ0n) is 19.1. The number of hydrogen-bond acceptors (Lipinski definition) is 5. The summed E-state index contributed by atoms with van der Waals surface area (Å²) in [4.78, 5) is 27.0. The Hall–Kier alpha value is -2.40. The molecule has 0 saturated carbocycles. The fourth-order valence-electron chi connectivity index (χ4n) is 4.73. The van der Waals surface area contributed by atoms with Gasteiger partial charge in [-0.1, -0.05) is 0 Å². The summed E-state index contributed by atoms with van der Waals surface area (Å²) in [6, 6.07) is 0. The molecule has 0 saturated heterocycles. The summed E-state index contributed by atoms with van der Waals surface area (Å²) in [6.45, 7) is 0.653. The van der Waals surface area contributed by atoms with Gasteiger partial charge in [0.1, 0.15) is 11.5 Å². The zero-order chi connectivity index (χ0) is 24.3. The molecule has 2 aliphatic carbocycles. The highest BCUT2D eigenvalue weighted by Gasteiger charge is 2.39. The van der Waals surface area contributed by atoms with Gasteiger partial charge in [-0.3, -0.25) is 14.3 Å². The Bertz CT molecular complexity index is 1060. The van der Waals surface area contributed by atoms with E-state index in [2.05, 4.69) is 15.7 Å². The highest BCUT2D eigenvalue weighted by atomic mass is 32.1. The van der Waals surface area contributed by atoms with Crippen LogP contribution < -0.4 is 10.6 Å². The first-order valence-corrected chi connectivity index (χ1v) is 12.5. The molecule has 7 nitrogen and oxygen atoms in total. The van der Waals surface area contributed by atoms with E-state index >= 15 is 0 Å². The molecular formula is C23H29F3N4O3S. The van der Waals surface area contributed by atoms with Crippen molar-refractivity contribution < 1.29 is 27.5 Å². The predicted molar refractivity (Wildman–Crippen MR) is 122 cm³/mol. The number of nitrogens with one attached hydrogen (secondary N) is 2. The summed E-state index contributed by atoms with van der Waals surface area (Å²) in [5.74, 6) is -0.738. The van der Waals surface area contributed by atoms with Gasteiger partial charge in [0.05, 0.1) is 5.56 Å². The molecule has 2 aromatic rings. The Labute approximate surface area is 200 Å². The third-order valence-electron chi connectivity index (χ3n) is 6.28. The van der Waals surface area contributed by atoms with E-state index in [1.54, 1.807) is 7.11 Å². The molecule has 11 heteroatoms. The van der Waals surface area contributed by atoms with Crippen molar-refractivity contribution in [1.82, 2.24) is 15.1 Å². The number of carbonyl (C=O) groups excluding carboxylic acids is 2. The number of amides is 2. The summed E-state index contributed by atoms with van der Waals surface area (Å²) in [5, 5.41) is 9.92. The maximum Gasteiger partial charge on any atom is 0.435 e. The molecule has 0 radical (unpaired) electrons. The van der Waals surface area contributed by atoms with Crippen molar-refractivity contribution in [2.75, 3.05) is 25.6 Å². The standard InChI is InChI=1S/C23H29F3N4O3S/c1-33-12-6-11-27-21(32)19-15-8-3-5-10-17(15)34-22(19)28-18(31)13-30-16-9-4-2-7-14(16)20(29-30)23(24,25)26/h2-13H2,1H3,(H,27,32)(H,28,31). The van der Waals surface area contributed by atoms with Crippen molar-refractivity contribution in [2.45, 2.75) is 70.5 Å². The molecule has 0 aliphatic heterocycles. The lowest BCUT2D eigenvalue weighted by molar-refractivity contribution is -0.142. The summed E-state index contributed by atoms with van der Waals surface area (Å²) in [7, 11) is 1.60. The van der Waals surface area contributed by atoms with Crippen LogP contribution in [0.3, 0.4) is 0 Å². The number of rotatable bonds is 8. The lowest BCUT2D eigenvalue weighted by Gasteiger charge is -2.15. The first-order chi connectivity index (χ1) is 16.3. The maximum atomic E-state index is 13.5. The van der Waals surface area contributed by atoms with Crippen molar-refractivity contribution in [2.24, 2.45) is 0 Å². The summed E-state index contributed by atoms with van der Waals surface area (Å²) < 4.78 is 46.6. The number of aromatic nitrogens is 2. The van der Waals surface area contributed by atoms with Crippen LogP contribution in [0.2, 0.25) is 0 Å². The zero-order valence-corrected chi connectivity index (χ0v) is 20.0. The number of hydrogen-bond donors (Lipinski definition) is 2. The number of halogens is 3. The van der Waals surface area contributed by atoms with Crippen LogP contribution in [-0.2, 0) is 47.9 Å². The van der Waals surface area contributed by atoms with Crippen LogP contribution in [0.25, 0.3) is 0 Å². The molecule has 0 fully saturated rings. The fraction of sp³-hybridized carbons (Fsp3) is 0.609. The van der Waals surface area contributed by atoms with E-state index in [4.69, 9.17) is 4.74 Å². The number of methoxy groups -OCH3 is 1. The number of nitrogens with zero attached hydrogens (tertiary/aromatic N) is 2. The lowest BCUT2D eigenvalue weighted by atomic mass is 9.95. The van der Waals surface area contributed by atoms with E-state index in [1.165, 1.54) is 16.0 Å². The summed E-state index contributed by atoms with van der Waals surface area (Å²) in [6.07, 6.45) is 1.96. The Kier molecular flexibility index (Phi) is 7.61. The van der Waals surface area contributed by atoms with Crippen LogP contribution in [0.1, 0.15) is 69.9 Å². The average Bonchev–Trinajstić information content (AvgIpc) is 3.35. The first kappa shape index (κ1) is 24.7. The van der Waals surface area contributed by atoms with Crippen molar-refractivity contribution in [1.29, 1.82) is 0 Å². The molecule has 0 atom stereocenters. The van der Waals surface area contributed by atoms with E-state index in [1.807, 2.05) is 0 Å². The number of thiophene rings is 1. The third kappa shape index (κ3) is 5.30. The molecule has 2 amide bonds. The Morgan fingerprint density at radius 1 is 1.09 bits per heavy atom. The topological polar surface area (TPSA) is 85.3 Å². The first-order valence-electron chi connectivity index (χ1n) is 11.7. The number of aryl methyl sites for hydroxylation is 1. The van der Waals surface area contributed by atoms with Crippen molar-refractivity contribution in [3.8, 4) is 0 Å². The molecule has 4 rings (SSSR count). The van der Waals surface area contributed by atoms with Crippen molar-refractivity contribution >= 4 is 28.2 Å². The van der Waals surface area contributed by atoms with E-state index in [0.717, 1.165) is 42.5 Å². The highest BCUT2D eigenvalue weighted by Crippen LogP contribution is 2.39. The number of alkyl halides is 3. The van der Waals surface area contributed by atoms with Gasteiger partial charge in [0.15, 0.2) is 5.69 Å². The maximum absolute atomic E-state index is 13.5. The minimum absolute atomic E-state index is 0.203. The molecule has 0 bridgehead atoms. The van der Waals surface area contributed by atoms with Crippen LogP contribution in [0.15, 0.2) is 0 Å². The van der Waals surface area contributed by atoms with Crippen LogP contribution in [-0.4, -0.2) is 41.9 Å². The molecule has 0 unspecified atom stereocenters. The normalized spacial score (nSPS) is 15.5. The number of ether oxygens (including phenoxy) is 1. The molecule has 2 heterocycles. The van der Waals surface area contributed by atoms with Crippen molar-refractivity contribution in [3.63, 3.8) is 0 Å². The van der Waals surface area contributed by atoms with Crippen LogP contribution in [0.4, 0.5) is 18.2 Å². The Morgan fingerprint density at radius 2 is 1.79 bits per heavy atom. The van der Waals surface area contributed by atoms with Gasteiger partial charge in [-0.2, -0.15) is 18.3 Å². The second-order valence-electron chi connectivity index (χ2n) is 8.70. The molecular weight excluding hydrogens is 469 g/mol. The fourth-order valence-corrected chi connectivity index (χ4v) is 6.04. The summed E-state index contributed by atoms with van der Waals surface area (Å²) in [5.41, 5.74) is 1.23. The van der Waals surface area contributed by atoms with Gasteiger partial charge in [0.2, 0.25) is 5.91 Å². The van der Waals surface area contributed by atoms with E-state index in [-0.39, 0.29) is 18.0 Å². The molecule has 34 heavy (non-hydrogen) atoms. The largest absolute Gasteiger partial charge is 0.435 e. The van der Waals surface area contributed by atoms with Crippen LogP contribution in [0, 0.1) is 0 Å². The minimum atomic E-state index is -4.55. The smallest absolute Gasteiger partial charge is 0.385 e. The molecule has 2 N–H and O–H groups in total. The highest BCUT2D eigenvalue weighted by molar-refractivity contribution is 7.17. The van der Waals surface area contributed by atoms with Gasteiger partial charge in [-0.05, 0) is 63.4 Å². The molecule has 2 aliphatic rings. The Balaban J connectivity index is 1.54. The monoisotopic (exact) mass is 498 g/mol. The van der Waals surface area contributed by atoms with Gasteiger partial charge in [-0.15, -0.1) is 11.3 Å². The minimum Gasteiger partial charge on any atom is -0.385 e. The molecule has 186 valence electrons. The molecule has 0 aromatic carbocycles. The summed E-state index contributed by atoms with van der Waals surface area (Å²) >= 11 is 1.38. The van der Waals surface area contributed by atoms with Gasteiger partial charge < -0.3 is 15.4 Å². The Morgan fingerprint density at radius 3 is 2.53 bits per heavy atom. The van der Waals surface area contributed by atoms with Gasteiger partial charge in [0, 0.05) is 36.4 Å². The SMILES string of the molecule is COCCCNC(=O)c1c(NC(=O)Cn2nc(C(F)(F)F)c3c2CCCC3)sc2c1CCCC2. The van der Waals surface area contributed by atoms with Crippen molar-refractivity contribution in [3.05, 3.63) is 33.0 Å². The second-order valence-corrected chi connectivity index (χ2v) is 9.81. The number of fused-ring (bicyclic) bond motifs is 2. The van der Waals surface area contributed by atoms with Crippen LogP contribution in [0.5, 0.6) is 0 Å². The number of carbonyl (C=O) groups is 2. The molecule has 2 aromatic heterocycles. The average molecular weight is 499 g/mol. The van der Waals surface area contributed by atoms with Gasteiger partial charge >= 0.3 is 6.18 Å². The molecule has 0 spiro atoms.